The van der Waals surface area contributed by atoms with Crippen LogP contribution in [0, 0.1) is 5.92 Å². The van der Waals surface area contributed by atoms with E-state index >= 15 is 0 Å². The second-order valence-corrected chi connectivity index (χ2v) is 6.00. The van der Waals surface area contributed by atoms with Crippen LogP contribution in [0.3, 0.4) is 0 Å². The summed E-state index contributed by atoms with van der Waals surface area (Å²) in [5.74, 6) is -0.258. The molecular weight excluding hydrogens is 319 g/mol. The van der Waals surface area contributed by atoms with Gasteiger partial charge in [0, 0.05) is 17.5 Å². The minimum atomic E-state index is -4.33. The van der Waals surface area contributed by atoms with Gasteiger partial charge in [-0.15, -0.1) is 0 Å². The number of carbonyl (C=O) groups is 1. The van der Waals surface area contributed by atoms with E-state index in [1.807, 2.05) is 0 Å². The van der Waals surface area contributed by atoms with Crippen molar-refractivity contribution in [2.75, 3.05) is 0 Å². The lowest BCUT2D eigenvalue weighted by atomic mass is 9.82. The molecular formula is C18H16F3NO2. The Morgan fingerprint density at radius 3 is 2.50 bits per heavy atom. The summed E-state index contributed by atoms with van der Waals surface area (Å²) in [6.45, 7) is 0. The van der Waals surface area contributed by atoms with Crippen LogP contribution in [-0.2, 0) is 19.0 Å². The fourth-order valence-corrected chi connectivity index (χ4v) is 3.04. The second kappa shape index (κ2) is 6.26. The molecule has 2 aromatic rings. The van der Waals surface area contributed by atoms with E-state index < -0.39 is 11.7 Å². The van der Waals surface area contributed by atoms with Gasteiger partial charge in [-0.2, -0.15) is 13.2 Å². The Morgan fingerprint density at radius 2 is 1.83 bits per heavy atom. The lowest BCUT2D eigenvalue weighted by Gasteiger charge is -2.22. The first-order chi connectivity index (χ1) is 11.3. The standard InChI is InChI=1S/C18H16F3NO2/c19-18(20,21)13-6-2-11(3-7-13)1-4-12-5-9-15-14(17(12)24)8-10-16(23)22-15/h2-3,6-8,10,12H,1,4-5,9H2,(H,22,23). The van der Waals surface area contributed by atoms with Crippen molar-refractivity contribution in [2.45, 2.75) is 31.9 Å². The molecule has 3 nitrogen and oxygen atoms in total. The Hall–Kier alpha value is -2.37. The zero-order chi connectivity index (χ0) is 17.3. The smallest absolute Gasteiger partial charge is 0.416 e. The van der Waals surface area contributed by atoms with E-state index in [1.54, 1.807) is 6.07 Å². The number of Topliss-reactive ketones (excluding diaryl/α,β-unsaturated/α-hetero) is 1. The highest BCUT2D eigenvalue weighted by Crippen LogP contribution is 2.31. The maximum absolute atomic E-state index is 12.5. The number of aromatic hydroxyl groups is 1. The van der Waals surface area contributed by atoms with E-state index in [0.717, 1.165) is 17.7 Å². The number of rotatable bonds is 3. The molecule has 1 aromatic heterocycles. The number of ketones is 1. The molecule has 0 bridgehead atoms. The highest BCUT2D eigenvalue weighted by Gasteiger charge is 2.30. The van der Waals surface area contributed by atoms with Crippen LogP contribution >= 0.6 is 0 Å². The third-order valence-corrected chi connectivity index (χ3v) is 4.39. The molecule has 1 aromatic carbocycles. The van der Waals surface area contributed by atoms with Crippen molar-refractivity contribution < 1.29 is 23.1 Å². The van der Waals surface area contributed by atoms with E-state index in [1.165, 1.54) is 18.2 Å². The van der Waals surface area contributed by atoms with E-state index in [-0.39, 0.29) is 17.6 Å². The number of carbonyl (C=O) groups excluding carboxylic acids is 1. The zero-order valence-electron chi connectivity index (χ0n) is 12.8. The third kappa shape index (κ3) is 3.42. The number of nitrogens with zero attached hydrogens (tertiary/aromatic N) is 1. The largest absolute Gasteiger partial charge is 0.493 e. The average Bonchev–Trinajstić information content (AvgIpc) is 2.54. The molecule has 1 N–H and O–H groups in total. The first-order valence-corrected chi connectivity index (χ1v) is 7.74. The highest BCUT2D eigenvalue weighted by atomic mass is 19.4. The zero-order valence-corrected chi connectivity index (χ0v) is 12.8. The Bertz CT molecular complexity index is 754. The molecule has 126 valence electrons. The number of fused-ring (bicyclic) bond motifs is 1. The summed E-state index contributed by atoms with van der Waals surface area (Å²) in [6, 6.07) is 8.05. The minimum absolute atomic E-state index is 0.00402. The van der Waals surface area contributed by atoms with Crippen molar-refractivity contribution in [1.29, 1.82) is 0 Å². The molecule has 0 saturated heterocycles. The molecule has 1 unspecified atom stereocenters. The summed E-state index contributed by atoms with van der Waals surface area (Å²) in [6.07, 6.45) is -1.93. The number of pyridine rings is 1. The molecule has 1 aliphatic carbocycles. The normalized spacial score (nSPS) is 17.6. The molecule has 24 heavy (non-hydrogen) atoms. The van der Waals surface area contributed by atoms with E-state index in [2.05, 4.69) is 4.98 Å². The van der Waals surface area contributed by atoms with Crippen LogP contribution in [0.4, 0.5) is 13.2 Å². The molecule has 0 radical (unpaired) electrons. The monoisotopic (exact) mass is 335 g/mol. The number of halogens is 3. The van der Waals surface area contributed by atoms with Crippen molar-refractivity contribution >= 4 is 5.78 Å². The molecule has 3 rings (SSSR count). The van der Waals surface area contributed by atoms with Gasteiger partial charge in [-0.1, -0.05) is 12.1 Å². The van der Waals surface area contributed by atoms with Gasteiger partial charge in [0.15, 0.2) is 5.78 Å². The number of aromatic nitrogens is 1. The second-order valence-electron chi connectivity index (χ2n) is 6.00. The molecule has 6 heteroatoms. The van der Waals surface area contributed by atoms with Crippen molar-refractivity contribution in [3.8, 4) is 5.88 Å². The topological polar surface area (TPSA) is 50.2 Å². The van der Waals surface area contributed by atoms with Gasteiger partial charge in [0.1, 0.15) is 0 Å². The summed E-state index contributed by atoms with van der Waals surface area (Å²) in [7, 11) is 0. The SMILES string of the molecule is O=C1c2ccc(O)nc2CCC1CCc1ccc(C(F)(F)F)cc1. The predicted molar refractivity (Wildman–Crippen MR) is 81.8 cm³/mol. The number of hydrogen-bond donors (Lipinski definition) is 1. The number of aryl methyl sites for hydroxylation is 2. The van der Waals surface area contributed by atoms with Crippen LogP contribution in [0.15, 0.2) is 36.4 Å². The fourth-order valence-electron chi connectivity index (χ4n) is 3.04. The maximum Gasteiger partial charge on any atom is 0.416 e. The first-order valence-electron chi connectivity index (χ1n) is 7.74. The van der Waals surface area contributed by atoms with E-state index in [4.69, 9.17) is 0 Å². The molecule has 0 saturated carbocycles. The van der Waals surface area contributed by atoms with Gasteiger partial charge in [-0.05, 0) is 49.4 Å². The van der Waals surface area contributed by atoms with Gasteiger partial charge in [-0.3, -0.25) is 4.79 Å². The van der Waals surface area contributed by atoms with Crippen LogP contribution < -0.4 is 0 Å². The van der Waals surface area contributed by atoms with Gasteiger partial charge < -0.3 is 5.11 Å². The molecule has 0 fully saturated rings. The third-order valence-electron chi connectivity index (χ3n) is 4.39. The predicted octanol–water partition coefficient (Wildman–Crippen LogP) is 4.18. The van der Waals surface area contributed by atoms with Crippen LogP contribution in [0.25, 0.3) is 0 Å². The Morgan fingerprint density at radius 1 is 1.12 bits per heavy atom. The fraction of sp³-hybridized carbons (Fsp3) is 0.333. The lowest BCUT2D eigenvalue weighted by molar-refractivity contribution is -0.137. The molecule has 1 heterocycles. The van der Waals surface area contributed by atoms with E-state index in [0.29, 0.717) is 36.9 Å². The number of benzene rings is 1. The molecule has 0 spiro atoms. The summed E-state index contributed by atoms with van der Waals surface area (Å²) in [4.78, 5) is 16.4. The van der Waals surface area contributed by atoms with Crippen LogP contribution in [0.5, 0.6) is 5.88 Å². The Balaban J connectivity index is 1.65. The summed E-state index contributed by atoms with van der Waals surface area (Å²) < 4.78 is 37.6. The van der Waals surface area contributed by atoms with Crippen LogP contribution in [0.2, 0.25) is 0 Å². The summed E-state index contributed by atoms with van der Waals surface area (Å²) in [5, 5.41) is 9.37. The van der Waals surface area contributed by atoms with Crippen molar-refractivity contribution in [3.05, 3.63) is 58.8 Å². The Kier molecular flexibility index (Phi) is 4.30. The van der Waals surface area contributed by atoms with Crippen LogP contribution in [0.1, 0.15) is 40.0 Å². The van der Waals surface area contributed by atoms with Crippen molar-refractivity contribution in [1.82, 2.24) is 4.98 Å². The number of alkyl halides is 3. The molecule has 0 aliphatic heterocycles. The van der Waals surface area contributed by atoms with Gasteiger partial charge in [0.05, 0.1) is 11.3 Å². The molecule has 1 aliphatic rings. The van der Waals surface area contributed by atoms with Crippen LogP contribution in [-0.4, -0.2) is 15.9 Å². The average molecular weight is 335 g/mol. The maximum atomic E-state index is 12.5. The minimum Gasteiger partial charge on any atom is -0.493 e. The van der Waals surface area contributed by atoms with Gasteiger partial charge in [0.25, 0.3) is 0 Å². The molecule has 1 atom stereocenters. The van der Waals surface area contributed by atoms with E-state index in [9.17, 15) is 23.1 Å². The molecule has 0 amide bonds. The van der Waals surface area contributed by atoms with Crippen molar-refractivity contribution in [2.24, 2.45) is 5.92 Å². The number of hydrogen-bond acceptors (Lipinski definition) is 3. The van der Waals surface area contributed by atoms with Gasteiger partial charge >= 0.3 is 6.18 Å². The first kappa shape index (κ1) is 16.5. The lowest BCUT2D eigenvalue weighted by Crippen LogP contribution is -2.24. The summed E-state index contributed by atoms with van der Waals surface area (Å²) in [5.41, 5.74) is 1.27. The Labute approximate surface area is 137 Å². The van der Waals surface area contributed by atoms with Crippen molar-refractivity contribution in [3.63, 3.8) is 0 Å². The van der Waals surface area contributed by atoms with Gasteiger partial charge in [0.2, 0.25) is 5.88 Å². The van der Waals surface area contributed by atoms with Gasteiger partial charge in [-0.25, -0.2) is 4.98 Å². The quantitative estimate of drug-likeness (QED) is 0.915. The summed E-state index contributed by atoms with van der Waals surface area (Å²) >= 11 is 0. The highest BCUT2D eigenvalue weighted by molar-refractivity contribution is 5.99.